The molecule has 2 aliphatic heterocycles. The molecule has 7 heteroatoms. The number of nitrogens with zero attached hydrogens (tertiary/aromatic N) is 2. The Bertz CT molecular complexity index is 1040. The normalized spacial score (nSPS) is 22.7. The van der Waals surface area contributed by atoms with E-state index in [2.05, 4.69) is 6.92 Å². The number of fused-ring (bicyclic) bond motifs is 1. The Kier molecular flexibility index (Phi) is 6.88. The summed E-state index contributed by atoms with van der Waals surface area (Å²) in [6.45, 7) is 3.68. The maximum Gasteiger partial charge on any atom is 0.254 e. The highest BCUT2D eigenvalue weighted by molar-refractivity contribution is 7.98. The summed E-state index contributed by atoms with van der Waals surface area (Å²) in [7, 11) is 4.91. The Morgan fingerprint density at radius 2 is 1.76 bits per heavy atom. The number of thioether (sulfide) groups is 1. The number of likely N-dealkylation sites (N-methyl/N-ethyl adjacent to an activating group) is 1. The van der Waals surface area contributed by atoms with Gasteiger partial charge in [0.15, 0.2) is 11.5 Å². The van der Waals surface area contributed by atoms with Crippen LogP contribution in [0.3, 0.4) is 0 Å². The van der Waals surface area contributed by atoms with Crippen LogP contribution in [0.1, 0.15) is 53.2 Å². The highest BCUT2D eigenvalue weighted by Crippen LogP contribution is 2.46. The molecule has 0 bridgehead atoms. The molecule has 1 fully saturated rings. The van der Waals surface area contributed by atoms with Crippen LogP contribution in [0.2, 0.25) is 0 Å². The van der Waals surface area contributed by atoms with Gasteiger partial charge in [0.05, 0.1) is 26.2 Å². The van der Waals surface area contributed by atoms with Gasteiger partial charge in [-0.15, -0.1) is 11.8 Å². The van der Waals surface area contributed by atoms with Gasteiger partial charge in [0, 0.05) is 30.6 Å². The number of benzene rings is 2. The van der Waals surface area contributed by atoms with Gasteiger partial charge < -0.3 is 19.3 Å². The molecular weight excluding hydrogens is 436 g/mol. The minimum Gasteiger partial charge on any atom is -0.493 e. The van der Waals surface area contributed by atoms with Crippen molar-refractivity contribution in [3.05, 3.63) is 53.1 Å². The lowest BCUT2D eigenvalue weighted by atomic mass is 9.78. The molecule has 0 aromatic heterocycles. The van der Waals surface area contributed by atoms with Gasteiger partial charge in [-0.1, -0.05) is 19.1 Å². The molecule has 1 saturated heterocycles. The van der Waals surface area contributed by atoms with Crippen LogP contribution in [0.5, 0.6) is 11.5 Å². The second-order valence-corrected chi connectivity index (χ2v) is 9.82. The van der Waals surface area contributed by atoms with Gasteiger partial charge in [-0.2, -0.15) is 0 Å². The van der Waals surface area contributed by atoms with Crippen molar-refractivity contribution in [3.63, 3.8) is 0 Å². The highest BCUT2D eigenvalue weighted by atomic mass is 32.2. The van der Waals surface area contributed by atoms with Gasteiger partial charge in [0.2, 0.25) is 5.91 Å². The first-order chi connectivity index (χ1) is 15.9. The zero-order valence-electron chi connectivity index (χ0n) is 20.0. The number of carbonyl (C=O) groups excluding carboxylic acids is 2. The lowest BCUT2D eigenvalue weighted by Crippen LogP contribution is -2.49. The number of methoxy groups -OCH3 is 2. The summed E-state index contributed by atoms with van der Waals surface area (Å²) in [6, 6.07) is 11.3. The molecule has 2 aromatic rings. The fourth-order valence-electron chi connectivity index (χ4n) is 5.12. The number of amides is 2. The summed E-state index contributed by atoms with van der Waals surface area (Å²) in [6.07, 6.45) is 4.17. The summed E-state index contributed by atoms with van der Waals surface area (Å²) in [5.41, 5.74) is 2.15. The molecule has 3 atom stereocenters. The molecule has 33 heavy (non-hydrogen) atoms. The van der Waals surface area contributed by atoms with Crippen molar-refractivity contribution >= 4 is 23.6 Å². The predicted molar refractivity (Wildman–Crippen MR) is 130 cm³/mol. The number of ether oxygens (including phenoxy) is 2. The molecule has 2 heterocycles. The minimum absolute atomic E-state index is 0.0633. The van der Waals surface area contributed by atoms with E-state index in [1.54, 1.807) is 44.0 Å². The van der Waals surface area contributed by atoms with Gasteiger partial charge >= 0.3 is 0 Å². The number of rotatable bonds is 5. The van der Waals surface area contributed by atoms with E-state index in [1.165, 1.54) is 0 Å². The van der Waals surface area contributed by atoms with E-state index in [-0.39, 0.29) is 11.8 Å². The van der Waals surface area contributed by atoms with Crippen LogP contribution in [0.4, 0.5) is 0 Å². The minimum atomic E-state index is -0.520. The third-order valence-corrected chi connectivity index (χ3v) is 7.61. The Hall–Kier alpha value is -2.67. The van der Waals surface area contributed by atoms with E-state index < -0.39 is 12.0 Å². The van der Waals surface area contributed by atoms with Gasteiger partial charge in [-0.25, -0.2) is 0 Å². The topological polar surface area (TPSA) is 59.1 Å². The third kappa shape index (κ3) is 4.31. The van der Waals surface area contributed by atoms with Crippen molar-refractivity contribution in [1.29, 1.82) is 0 Å². The Labute approximate surface area is 200 Å². The third-order valence-electron chi connectivity index (χ3n) is 6.87. The summed E-state index contributed by atoms with van der Waals surface area (Å²) >= 11 is 1.67. The molecule has 2 amide bonds. The highest BCUT2D eigenvalue weighted by Gasteiger charge is 2.45. The maximum atomic E-state index is 14.1. The van der Waals surface area contributed by atoms with Gasteiger partial charge in [0.25, 0.3) is 5.91 Å². The predicted octanol–water partition coefficient (Wildman–Crippen LogP) is 4.59. The lowest BCUT2D eigenvalue weighted by Gasteiger charge is -2.43. The van der Waals surface area contributed by atoms with Crippen molar-refractivity contribution in [2.45, 2.75) is 36.6 Å². The molecule has 0 spiro atoms. The summed E-state index contributed by atoms with van der Waals surface area (Å²) < 4.78 is 11.0. The molecule has 0 saturated carbocycles. The van der Waals surface area contributed by atoms with Gasteiger partial charge in [0.1, 0.15) is 0 Å². The zero-order valence-corrected chi connectivity index (χ0v) is 20.8. The van der Waals surface area contributed by atoms with E-state index in [0.717, 1.165) is 36.4 Å². The van der Waals surface area contributed by atoms with E-state index in [0.29, 0.717) is 28.5 Å². The number of hydrogen-bond acceptors (Lipinski definition) is 5. The second-order valence-electron chi connectivity index (χ2n) is 8.94. The molecule has 0 N–H and O–H groups in total. The monoisotopic (exact) mass is 468 g/mol. The number of carbonyl (C=O) groups is 2. The van der Waals surface area contributed by atoms with Crippen LogP contribution < -0.4 is 9.47 Å². The Morgan fingerprint density at radius 3 is 2.36 bits per heavy atom. The Morgan fingerprint density at radius 1 is 1.09 bits per heavy atom. The first kappa shape index (κ1) is 23.5. The van der Waals surface area contributed by atoms with Crippen LogP contribution >= 0.6 is 11.8 Å². The quantitative estimate of drug-likeness (QED) is 0.601. The zero-order chi connectivity index (χ0) is 23.7. The summed E-state index contributed by atoms with van der Waals surface area (Å²) in [5, 5.41) is 0. The second kappa shape index (κ2) is 9.67. The van der Waals surface area contributed by atoms with Crippen molar-refractivity contribution < 1.29 is 19.1 Å². The van der Waals surface area contributed by atoms with E-state index in [1.807, 2.05) is 41.5 Å². The fraction of sp³-hybridized carbons (Fsp3) is 0.462. The maximum absolute atomic E-state index is 14.1. The largest absolute Gasteiger partial charge is 0.493 e. The molecule has 2 aliphatic rings. The summed E-state index contributed by atoms with van der Waals surface area (Å²) in [4.78, 5) is 32.4. The van der Waals surface area contributed by atoms with Crippen LogP contribution in [0.25, 0.3) is 0 Å². The number of likely N-dealkylation sites (tertiary alicyclic amines) is 1. The van der Waals surface area contributed by atoms with Crippen molar-refractivity contribution in [3.8, 4) is 11.5 Å². The van der Waals surface area contributed by atoms with Crippen molar-refractivity contribution in [2.75, 3.05) is 40.6 Å². The van der Waals surface area contributed by atoms with Crippen LogP contribution in [0, 0.1) is 5.92 Å². The molecule has 0 aliphatic carbocycles. The molecule has 0 radical (unpaired) electrons. The van der Waals surface area contributed by atoms with Gasteiger partial charge in [-0.05, 0) is 60.4 Å². The number of piperidine rings is 1. The van der Waals surface area contributed by atoms with Crippen LogP contribution in [-0.2, 0) is 4.79 Å². The first-order valence-corrected chi connectivity index (χ1v) is 12.6. The van der Waals surface area contributed by atoms with E-state index in [9.17, 15) is 9.59 Å². The van der Waals surface area contributed by atoms with Crippen molar-refractivity contribution in [2.24, 2.45) is 5.92 Å². The average Bonchev–Trinajstić information content (AvgIpc) is 2.85. The fourth-order valence-corrected chi connectivity index (χ4v) is 5.53. The number of hydrogen-bond donors (Lipinski definition) is 0. The SMILES string of the molecule is COc1cc2c(cc1OC)C(C(=O)N1CCCC(C)C1)C(c1ccc(SC)cc1)N(C)C2=O. The smallest absolute Gasteiger partial charge is 0.254 e. The molecule has 2 aromatic carbocycles. The molecule has 4 rings (SSSR count). The molecule has 176 valence electrons. The summed E-state index contributed by atoms with van der Waals surface area (Å²) in [5.74, 6) is 0.894. The standard InChI is InChI=1S/C26H32N2O4S/c1-16-7-6-12-28(15-16)26(30)23-19-13-21(31-3)22(32-4)14-20(19)25(29)27(2)24(23)17-8-10-18(33-5)11-9-17/h8-11,13-14,16,23-24H,6-7,12,15H2,1-5H3. The molecule has 6 nitrogen and oxygen atoms in total. The Balaban J connectivity index is 1.87. The van der Waals surface area contributed by atoms with Crippen molar-refractivity contribution in [1.82, 2.24) is 9.80 Å². The van der Waals surface area contributed by atoms with Gasteiger partial charge in [-0.3, -0.25) is 9.59 Å². The molecular formula is C26H32N2O4S. The lowest BCUT2D eigenvalue weighted by molar-refractivity contribution is -0.136. The molecule has 3 unspecified atom stereocenters. The van der Waals surface area contributed by atoms with Crippen LogP contribution in [-0.4, -0.2) is 62.2 Å². The first-order valence-electron chi connectivity index (χ1n) is 11.3. The average molecular weight is 469 g/mol. The van der Waals surface area contributed by atoms with Crippen LogP contribution in [0.15, 0.2) is 41.3 Å². The van der Waals surface area contributed by atoms with E-state index >= 15 is 0 Å². The van der Waals surface area contributed by atoms with E-state index in [4.69, 9.17) is 9.47 Å².